The van der Waals surface area contributed by atoms with Gasteiger partial charge in [0.25, 0.3) is 5.91 Å². The van der Waals surface area contributed by atoms with Crippen LogP contribution in [0.2, 0.25) is 0 Å². The Morgan fingerprint density at radius 1 is 1.18 bits per heavy atom. The molecular formula is C20H16Br2N2O4. The fraction of sp³-hybridized carbons (Fsp3) is 0.150. The van der Waals surface area contributed by atoms with Crippen molar-refractivity contribution in [2.45, 2.75) is 6.92 Å². The van der Waals surface area contributed by atoms with E-state index < -0.39 is 11.9 Å². The molecule has 0 unspecified atom stereocenters. The topological polar surface area (TPSA) is 88.4 Å². The van der Waals surface area contributed by atoms with Gasteiger partial charge in [-0.25, -0.2) is 4.79 Å². The van der Waals surface area contributed by atoms with Gasteiger partial charge in [-0.15, -0.1) is 0 Å². The second-order valence-electron chi connectivity index (χ2n) is 5.44. The first-order valence-corrected chi connectivity index (χ1v) is 9.71. The molecule has 0 aliphatic heterocycles. The highest BCUT2D eigenvalue weighted by Crippen LogP contribution is 2.35. The molecule has 0 aromatic heterocycles. The van der Waals surface area contributed by atoms with E-state index in [1.165, 1.54) is 6.08 Å². The van der Waals surface area contributed by atoms with E-state index in [9.17, 15) is 14.9 Å². The summed E-state index contributed by atoms with van der Waals surface area (Å²) in [6, 6.07) is 11.6. The first kappa shape index (κ1) is 21.7. The number of nitriles is 1. The third-order valence-corrected chi connectivity index (χ3v) is 4.73. The number of methoxy groups -OCH3 is 1. The average Bonchev–Trinajstić information content (AvgIpc) is 2.66. The lowest BCUT2D eigenvalue weighted by molar-refractivity contribution is -0.112. The molecule has 6 nitrogen and oxygen atoms in total. The van der Waals surface area contributed by atoms with Gasteiger partial charge in [-0.05, 0) is 86.8 Å². The molecule has 0 aliphatic carbocycles. The van der Waals surface area contributed by atoms with Crippen molar-refractivity contribution in [2.75, 3.05) is 19.0 Å². The average molecular weight is 508 g/mol. The molecule has 2 aromatic carbocycles. The van der Waals surface area contributed by atoms with Crippen LogP contribution in [-0.4, -0.2) is 25.6 Å². The smallest absolute Gasteiger partial charge is 0.338 e. The molecule has 0 radical (unpaired) electrons. The summed E-state index contributed by atoms with van der Waals surface area (Å²) in [6.07, 6.45) is 1.47. The van der Waals surface area contributed by atoms with E-state index in [2.05, 4.69) is 37.2 Å². The molecule has 28 heavy (non-hydrogen) atoms. The highest BCUT2D eigenvalue weighted by molar-refractivity contribution is 9.11. The number of rotatable bonds is 6. The number of benzene rings is 2. The van der Waals surface area contributed by atoms with Crippen LogP contribution in [0, 0.1) is 11.3 Å². The van der Waals surface area contributed by atoms with Crippen LogP contribution in [-0.2, 0) is 9.53 Å². The minimum atomic E-state index is -0.561. The van der Waals surface area contributed by atoms with E-state index in [0.29, 0.717) is 31.5 Å². The van der Waals surface area contributed by atoms with Gasteiger partial charge >= 0.3 is 5.97 Å². The summed E-state index contributed by atoms with van der Waals surface area (Å²) in [5.41, 5.74) is 1.41. The van der Waals surface area contributed by atoms with Crippen molar-refractivity contribution in [1.82, 2.24) is 0 Å². The molecule has 0 saturated heterocycles. The van der Waals surface area contributed by atoms with Gasteiger partial charge in [-0.2, -0.15) is 5.26 Å². The van der Waals surface area contributed by atoms with E-state index in [-0.39, 0.29) is 12.2 Å². The maximum atomic E-state index is 12.4. The Labute approximate surface area is 179 Å². The van der Waals surface area contributed by atoms with Crippen molar-refractivity contribution >= 4 is 55.5 Å². The number of ether oxygens (including phenoxy) is 2. The van der Waals surface area contributed by atoms with Crippen molar-refractivity contribution < 1.29 is 19.1 Å². The summed E-state index contributed by atoms with van der Waals surface area (Å²) in [7, 11) is 1.54. The highest BCUT2D eigenvalue weighted by Gasteiger charge is 2.13. The van der Waals surface area contributed by atoms with Gasteiger partial charge in [0.1, 0.15) is 17.4 Å². The summed E-state index contributed by atoms with van der Waals surface area (Å²) in [5, 5.41) is 12.0. The second kappa shape index (κ2) is 10.1. The molecule has 0 fully saturated rings. The van der Waals surface area contributed by atoms with Gasteiger partial charge in [0, 0.05) is 5.69 Å². The molecule has 1 amide bonds. The predicted molar refractivity (Wildman–Crippen MR) is 113 cm³/mol. The molecule has 0 saturated carbocycles. The van der Waals surface area contributed by atoms with Crippen molar-refractivity contribution in [2.24, 2.45) is 0 Å². The van der Waals surface area contributed by atoms with E-state index >= 15 is 0 Å². The van der Waals surface area contributed by atoms with Gasteiger partial charge in [0.15, 0.2) is 0 Å². The van der Waals surface area contributed by atoms with Gasteiger partial charge in [0.05, 0.1) is 28.2 Å². The van der Waals surface area contributed by atoms with Crippen molar-refractivity contribution in [1.29, 1.82) is 5.26 Å². The lowest BCUT2D eigenvalue weighted by Gasteiger charge is -2.08. The van der Waals surface area contributed by atoms with Crippen LogP contribution in [0.25, 0.3) is 6.08 Å². The number of hydrogen-bond acceptors (Lipinski definition) is 5. The minimum Gasteiger partial charge on any atom is -0.494 e. The fourth-order valence-corrected chi connectivity index (χ4v) is 3.82. The first-order valence-electron chi connectivity index (χ1n) is 8.13. The van der Waals surface area contributed by atoms with E-state index in [4.69, 9.17) is 9.47 Å². The molecule has 0 spiro atoms. The summed E-state index contributed by atoms with van der Waals surface area (Å²) in [6.45, 7) is 2.01. The Balaban J connectivity index is 2.19. The quantitative estimate of drug-likeness (QED) is 0.339. The molecule has 2 rings (SSSR count). The number of anilines is 1. The number of halogens is 2. The number of esters is 1. The molecule has 0 bridgehead atoms. The van der Waals surface area contributed by atoms with Crippen molar-refractivity contribution in [3.8, 4) is 11.8 Å². The van der Waals surface area contributed by atoms with E-state index in [1.54, 1.807) is 50.4 Å². The number of nitrogens with one attached hydrogen (secondary N) is 1. The minimum absolute atomic E-state index is 0.0709. The third-order valence-electron chi connectivity index (χ3n) is 3.55. The van der Waals surface area contributed by atoms with Crippen LogP contribution < -0.4 is 10.1 Å². The zero-order chi connectivity index (χ0) is 20.7. The fourth-order valence-electron chi connectivity index (χ4n) is 2.28. The van der Waals surface area contributed by atoms with Crippen LogP contribution in [0.4, 0.5) is 5.69 Å². The number of carbonyl (C=O) groups excluding carboxylic acids is 2. The Kier molecular flexibility index (Phi) is 7.79. The monoisotopic (exact) mass is 506 g/mol. The number of carbonyl (C=O) groups is 2. The zero-order valence-corrected chi connectivity index (χ0v) is 18.3. The van der Waals surface area contributed by atoms with Crippen LogP contribution in [0.1, 0.15) is 22.8 Å². The van der Waals surface area contributed by atoms with Crippen LogP contribution in [0.3, 0.4) is 0 Å². The van der Waals surface area contributed by atoms with Crippen LogP contribution in [0.15, 0.2) is 50.9 Å². The lowest BCUT2D eigenvalue weighted by Crippen LogP contribution is -2.13. The predicted octanol–water partition coefficient (Wildman–Crippen LogP) is 4.94. The van der Waals surface area contributed by atoms with Crippen molar-refractivity contribution in [3.63, 3.8) is 0 Å². The lowest BCUT2D eigenvalue weighted by atomic mass is 10.1. The molecule has 0 heterocycles. The number of hydrogen-bond donors (Lipinski definition) is 1. The van der Waals surface area contributed by atoms with Gasteiger partial charge in [0.2, 0.25) is 0 Å². The molecule has 144 valence electrons. The summed E-state index contributed by atoms with van der Waals surface area (Å²) in [4.78, 5) is 24.1. The third kappa shape index (κ3) is 5.44. The SMILES string of the molecule is CCOC(=O)c1ccc(NC(=O)C(C#N)=Cc2cc(Br)c(OC)c(Br)c2)cc1. The van der Waals surface area contributed by atoms with Crippen LogP contribution >= 0.6 is 31.9 Å². The molecule has 2 aromatic rings. The zero-order valence-electron chi connectivity index (χ0n) is 15.1. The summed E-state index contributed by atoms with van der Waals surface area (Å²) in [5.74, 6) is -0.384. The molecule has 0 aliphatic rings. The Morgan fingerprint density at radius 3 is 2.29 bits per heavy atom. The van der Waals surface area contributed by atoms with Gasteiger partial charge < -0.3 is 14.8 Å². The van der Waals surface area contributed by atoms with Gasteiger partial charge in [-0.1, -0.05) is 0 Å². The maximum absolute atomic E-state index is 12.4. The highest BCUT2D eigenvalue weighted by atomic mass is 79.9. The Bertz CT molecular complexity index is 940. The molecule has 1 N–H and O–H groups in total. The van der Waals surface area contributed by atoms with Crippen LogP contribution in [0.5, 0.6) is 5.75 Å². The Hall–Kier alpha value is -2.63. The number of nitrogens with zero attached hydrogens (tertiary/aromatic N) is 1. The normalized spacial score (nSPS) is 10.8. The summed E-state index contributed by atoms with van der Waals surface area (Å²) < 4.78 is 11.5. The van der Waals surface area contributed by atoms with Gasteiger partial charge in [-0.3, -0.25) is 4.79 Å². The first-order chi connectivity index (χ1) is 13.4. The maximum Gasteiger partial charge on any atom is 0.338 e. The second-order valence-corrected chi connectivity index (χ2v) is 7.15. The standard InChI is InChI=1S/C20H16Br2N2O4/c1-3-28-20(26)13-4-6-15(7-5-13)24-19(25)14(11-23)8-12-9-16(21)18(27-2)17(22)10-12/h4-10H,3H2,1-2H3,(H,24,25). The van der Waals surface area contributed by atoms with E-state index in [1.807, 2.05) is 6.07 Å². The van der Waals surface area contributed by atoms with E-state index in [0.717, 1.165) is 0 Å². The molecule has 0 atom stereocenters. The number of amides is 1. The largest absolute Gasteiger partial charge is 0.494 e. The molecular weight excluding hydrogens is 492 g/mol. The molecule has 8 heteroatoms. The summed E-state index contributed by atoms with van der Waals surface area (Å²) >= 11 is 6.77. The van der Waals surface area contributed by atoms with Crippen molar-refractivity contribution in [3.05, 3.63) is 62.0 Å². The Morgan fingerprint density at radius 2 is 1.79 bits per heavy atom.